The zero-order valence-electron chi connectivity index (χ0n) is 17.6. The molecule has 0 aromatic heterocycles. The number of nitrogens with zero attached hydrogens (tertiary/aromatic N) is 1. The maximum absolute atomic E-state index is 12.1. The van der Waals surface area contributed by atoms with Crippen molar-refractivity contribution in [2.24, 2.45) is 4.99 Å². The van der Waals surface area contributed by atoms with Crippen LogP contribution in [0, 0.1) is 6.92 Å². The molecular weight excluding hydrogens is 364 g/mol. The standard InChI is InChI=1S/C23H32N4O2/c1-18-9-7-12-21(17-18)22(28)25-14-15-27-23(24-3)26-13-8-16-29-19(2)20-10-5-4-6-11-20/h4-7,9-12,17,19H,8,13-16H2,1-3H3,(H,25,28)(H2,24,26,27). The van der Waals surface area contributed by atoms with Crippen LogP contribution in [0.15, 0.2) is 59.6 Å². The van der Waals surface area contributed by atoms with Gasteiger partial charge in [0.05, 0.1) is 6.10 Å². The predicted octanol–water partition coefficient (Wildman–Crippen LogP) is 3.06. The number of hydrogen-bond donors (Lipinski definition) is 3. The molecule has 0 radical (unpaired) electrons. The fourth-order valence-electron chi connectivity index (χ4n) is 2.83. The summed E-state index contributed by atoms with van der Waals surface area (Å²) in [5, 5.41) is 9.36. The van der Waals surface area contributed by atoms with Crippen molar-refractivity contribution in [1.29, 1.82) is 0 Å². The highest BCUT2D eigenvalue weighted by molar-refractivity contribution is 5.94. The van der Waals surface area contributed by atoms with Crippen LogP contribution in [0.2, 0.25) is 0 Å². The summed E-state index contributed by atoms with van der Waals surface area (Å²) in [6.45, 7) is 6.59. The molecule has 0 aliphatic rings. The van der Waals surface area contributed by atoms with Crippen molar-refractivity contribution in [1.82, 2.24) is 16.0 Å². The number of benzene rings is 2. The molecule has 6 nitrogen and oxygen atoms in total. The molecule has 1 amide bonds. The molecule has 0 aliphatic carbocycles. The topological polar surface area (TPSA) is 74.8 Å². The Labute approximate surface area is 173 Å². The van der Waals surface area contributed by atoms with Crippen LogP contribution in [-0.4, -0.2) is 45.2 Å². The number of ether oxygens (including phenoxy) is 1. The summed E-state index contributed by atoms with van der Waals surface area (Å²) in [7, 11) is 1.73. The van der Waals surface area contributed by atoms with Crippen LogP contribution in [0.4, 0.5) is 0 Å². The first kappa shape index (κ1) is 22.4. The van der Waals surface area contributed by atoms with Crippen LogP contribution < -0.4 is 16.0 Å². The number of carbonyl (C=O) groups is 1. The second-order valence-corrected chi connectivity index (χ2v) is 6.83. The van der Waals surface area contributed by atoms with E-state index in [-0.39, 0.29) is 12.0 Å². The summed E-state index contributed by atoms with van der Waals surface area (Å²) in [4.78, 5) is 16.3. The predicted molar refractivity (Wildman–Crippen MR) is 118 cm³/mol. The van der Waals surface area contributed by atoms with E-state index in [9.17, 15) is 4.79 Å². The van der Waals surface area contributed by atoms with Crippen LogP contribution in [-0.2, 0) is 4.74 Å². The van der Waals surface area contributed by atoms with Crippen molar-refractivity contribution in [2.45, 2.75) is 26.4 Å². The Kier molecular flexibility index (Phi) is 9.72. The number of amides is 1. The van der Waals surface area contributed by atoms with Gasteiger partial charge < -0.3 is 20.7 Å². The zero-order chi connectivity index (χ0) is 20.9. The van der Waals surface area contributed by atoms with Gasteiger partial charge in [-0.05, 0) is 38.0 Å². The molecule has 0 spiro atoms. The van der Waals surface area contributed by atoms with Gasteiger partial charge in [0.25, 0.3) is 5.91 Å². The summed E-state index contributed by atoms with van der Waals surface area (Å²) < 4.78 is 5.87. The van der Waals surface area contributed by atoms with Crippen LogP contribution in [0.3, 0.4) is 0 Å². The maximum atomic E-state index is 12.1. The molecule has 6 heteroatoms. The van der Waals surface area contributed by atoms with E-state index < -0.39 is 0 Å². The number of nitrogens with one attached hydrogen (secondary N) is 3. The first-order chi connectivity index (χ1) is 14.1. The number of hydrogen-bond acceptors (Lipinski definition) is 3. The summed E-state index contributed by atoms with van der Waals surface area (Å²) in [6.07, 6.45) is 0.966. The SMILES string of the molecule is CN=C(NCCCOC(C)c1ccccc1)NCCNC(=O)c1cccc(C)c1. The number of aryl methyl sites for hydroxylation is 1. The van der Waals surface area contributed by atoms with Crippen molar-refractivity contribution < 1.29 is 9.53 Å². The van der Waals surface area contributed by atoms with E-state index in [4.69, 9.17) is 4.74 Å². The molecule has 1 unspecified atom stereocenters. The van der Waals surface area contributed by atoms with Gasteiger partial charge in [-0.2, -0.15) is 0 Å². The van der Waals surface area contributed by atoms with Gasteiger partial charge in [-0.25, -0.2) is 0 Å². The average molecular weight is 397 g/mol. The molecular formula is C23H32N4O2. The summed E-state index contributed by atoms with van der Waals surface area (Å²) in [5.41, 5.74) is 2.94. The summed E-state index contributed by atoms with van der Waals surface area (Å²) in [5.74, 6) is 0.647. The fraction of sp³-hybridized carbons (Fsp3) is 0.391. The minimum Gasteiger partial charge on any atom is -0.374 e. The minimum absolute atomic E-state index is 0.0665. The lowest BCUT2D eigenvalue weighted by atomic mass is 10.1. The van der Waals surface area contributed by atoms with E-state index in [2.05, 4.69) is 40.0 Å². The Morgan fingerprint density at radius 3 is 2.45 bits per heavy atom. The zero-order valence-corrected chi connectivity index (χ0v) is 17.6. The average Bonchev–Trinajstić information content (AvgIpc) is 2.75. The lowest BCUT2D eigenvalue weighted by molar-refractivity contribution is 0.0646. The normalized spacial score (nSPS) is 12.3. The van der Waals surface area contributed by atoms with Crippen LogP contribution >= 0.6 is 0 Å². The Morgan fingerprint density at radius 1 is 1.00 bits per heavy atom. The molecule has 0 fully saturated rings. The fourth-order valence-corrected chi connectivity index (χ4v) is 2.83. The Hall–Kier alpha value is -2.86. The Morgan fingerprint density at radius 2 is 1.72 bits per heavy atom. The van der Waals surface area contributed by atoms with E-state index in [0.29, 0.717) is 31.2 Å². The summed E-state index contributed by atoms with van der Waals surface area (Å²) in [6, 6.07) is 17.8. The second-order valence-electron chi connectivity index (χ2n) is 6.83. The molecule has 0 bridgehead atoms. The monoisotopic (exact) mass is 396 g/mol. The molecule has 0 saturated heterocycles. The van der Waals surface area contributed by atoms with Gasteiger partial charge in [0.2, 0.25) is 0 Å². The van der Waals surface area contributed by atoms with Gasteiger partial charge in [0.1, 0.15) is 0 Å². The minimum atomic E-state index is -0.0665. The van der Waals surface area contributed by atoms with Gasteiger partial charge in [-0.3, -0.25) is 9.79 Å². The third-order valence-electron chi connectivity index (χ3n) is 4.46. The van der Waals surface area contributed by atoms with Gasteiger partial charge in [0, 0.05) is 38.9 Å². The Balaban J connectivity index is 1.56. The molecule has 3 N–H and O–H groups in total. The molecule has 0 saturated carbocycles. The van der Waals surface area contributed by atoms with Crippen LogP contribution in [0.5, 0.6) is 0 Å². The third kappa shape index (κ3) is 8.35. The molecule has 1 atom stereocenters. The molecule has 0 aliphatic heterocycles. The van der Waals surface area contributed by atoms with E-state index in [1.807, 2.05) is 49.4 Å². The van der Waals surface area contributed by atoms with E-state index in [1.54, 1.807) is 7.05 Å². The van der Waals surface area contributed by atoms with Crippen molar-refractivity contribution in [3.8, 4) is 0 Å². The lowest BCUT2D eigenvalue weighted by Crippen LogP contribution is -2.42. The number of guanidine groups is 1. The molecule has 29 heavy (non-hydrogen) atoms. The smallest absolute Gasteiger partial charge is 0.251 e. The van der Waals surface area contributed by atoms with Crippen LogP contribution in [0.1, 0.15) is 40.9 Å². The van der Waals surface area contributed by atoms with Gasteiger partial charge >= 0.3 is 0 Å². The number of carbonyl (C=O) groups excluding carboxylic acids is 1. The molecule has 2 rings (SSSR count). The maximum Gasteiger partial charge on any atom is 0.251 e. The van der Waals surface area contributed by atoms with Gasteiger partial charge in [0.15, 0.2) is 5.96 Å². The van der Waals surface area contributed by atoms with Crippen molar-refractivity contribution in [2.75, 3.05) is 33.3 Å². The van der Waals surface area contributed by atoms with Gasteiger partial charge in [-0.1, -0.05) is 48.0 Å². The molecule has 0 heterocycles. The number of rotatable bonds is 10. The van der Waals surface area contributed by atoms with Crippen molar-refractivity contribution in [3.63, 3.8) is 0 Å². The van der Waals surface area contributed by atoms with Gasteiger partial charge in [-0.15, -0.1) is 0 Å². The highest BCUT2D eigenvalue weighted by atomic mass is 16.5. The molecule has 2 aromatic rings. The first-order valence-electron chi connectivity index (χ1n) is 10.1. The third-order valence-corrected chi connectivity index (χ3v) is 4.46. The summed E-state index contributed by atoms with van der Waals surface area (Å²) >= 11 is 0. The lowest BCUT2D eigenvalue weighted by Gasteiger charge is -2.15. The molecule has 2 aromatic carbocycles. The van der Waals surface area contributed by atoms with E-state index in [1.165, 1.54) is 5.56 Å². The van der Waals surface area contributed by atoms with Crippen molar-refractivity contribution in [3.05, 3.63) is 71.3 Å². The highest BCUT2D eigenvalue weighted by Crippen LogP contribution is 2.15. The quantitative estimate of drug-likeness (QED) is 0.328. The Bertz CT molecular complexity index is 777. The highest BCUT2D eigenvalue weighted by Gasteiger charge is 2.06. The first-order valence-corrected chi connectivity index (χ1v) is 10.1. The van der Waals surface area contributed by atoms with Crippen molar-refractivity contribution >= 4 is 11.9 Å². The van der Waals surface area contributed by atoms with E-state index >= 15 is 0 Å². The largest absolute Gasteiger partial charge is 0.374 e. The second kappa shape index (κ2) is 12.6. The molecule has 156 valence electrons. The number of aliphatic imine (C=N–C) groups is 1. The van der Waals surface area contributed by atoms with Crippen LogP contribution in [0.25, 0.3) is 0 Å². The van der Waals surface area contributed by atoms with E-state index in [0.717, 1.165) is 18.5 Å².